The number of amides is 2. The van der Waals surface area contributed by atoms with Crippen LogP contribution < -0.4 is 5.32 Å². The summed E-state index contributed by atoms with van der Waals surface area (Å²) in [4.78, 5) is 28.7. The van der Waals surface area contributed by atoms with Crippen molar-refractivity contribution in [3.63, 3.8) is 0 Å². The number of hydrogen-bond donors (Lipinski definition) is 1. The van der Waals surface area contributed by atoms with E-state index in [1.165, 1.54) is 0 Å². The topological polar surface area (TPSA) is 93.8 Å². The van der Waals surface area contributed by atoms with Crippen molar-refractivity contribution in [2.75, 3.05) is 6.54 Å². The molecule has 5 rings (SSSR count). The van der Waals surface area contributed by atoms with Crippen molar-refractivity contribution in [3.05, 3.63) is 66.2 Å². The van der Waals surface area contributed by atoms with Gasteiger partial charge in [-0.1, -0.05) is 24.3 Å². The second-order valence-corrected chi connectivity index (χ2v) is 10.4. The molecule has 1 fully saturated rings. The van der Waals surface area contributed by atoms with Crippen LogP contribution in [0.2, 0.25) is 0 Å². The SMILES string of the molecule is Cn1cc(C[C@@H](NC(=O)OC(C)(C)C)C(=O)N2CCC[C@@H]2c2nnc3ccccn23)c2ccccc21. The standard InChI is InChI=1S/C27H32N6O3/c1-27(2,3)36-26(35)28-20(16-18-17-31(4)21-11-6-5-10-19(18)21)25(34)32-15-9-12-22(32)24-30-29-23-13-7-8-14-33(23)24/h5-8,10-11,13-14,17,20,22H,9,12,15-16H2,1-4H3,(H,28,35)/t20-,22-/m1/s1. The number of rotatable bonds is 5. The van der Waals surface area contributed by atoms with E-state index in [-0.39, 0.29) is 11.9 Å². The van der Waals surface area contributed by atoms with Crippen LogP contribution in [0.3, 0.4) is 0 Å². The zero-order chi connectivity index (χ0) is 25.4. The maximum Gasteiger partial charge on any atom is 0.408 e. The summed E-state index contributed by atoms with van der Waals surface area (Å²) in [6.07, 6.45) is 5.32. The number of alkyl carbamates (subject to hydrolysis) is 1. The number of hydrogen-bond acceptors (Lipinski definition) is 5. The van der Waals surface area contributed by atoms with Crippen molar-refractivity contribution >= 4 is 28.6 Å². The average molecular weight is 489 g/mol. The minimum Gasteiger partial charge on any atom is -0.444 e. The van der Waals surface area contributed by atoms with Crippen molar-refractivity contribution in [2.45, 2.75) is 57.7 Å². The summed E-state index contributed by atoms with van der Waals surface area (Å²) in [5, 5.41) is 12.6. The lowest BCUT2D eigenvalue weighted by atomic mass is 10.0. The first-order chi connectivity index (χ1) is 17.2. The molecule has 0 radical (unpaired) electrons. The molecule has 4 heterocycles. The molecule has 2 atom stereocenters. The Bertz CT molecular complexity index is 1420. The number of pyridine rings is 1. The van der Waals surface area contributed by atoms with E-state index in [4.69, 9.17) is 4.74 Å². The third kappa shape index (κ3) is 4.65. The van der Waals surface area contributed by atoms with Crippen LogP contribution in [0.25, 0.3) is 16.6 Å². The fourth-order valence-electron chi connectivity index (χ4n) is 5.04. The van der Waals surface area contributed by atoms with Gasteiger partial charge in [0.1, 0.15) is 11.6 Å². The molecule has 0 bridgehead atoms. The first-order valence-corrected chi connectivity index (χ1v) is 12.3. The van der Waals surface area contributed by atoms with Crippen molar-refractivity contribution in [1.82, 2.24) is 29.4 Å². The first kappa shape index (κ1) is 23.8. The smallest absolute Gasteiger partial charge is 0.408 e. The van der Waals surface area contributed by atoms with E-state index in [1.807, 2.05) is 75.8 Å². The summed E-state index contributed by atoms with van der Waals surface area (Å²) in [5.74, 6) is 0.585. The zero-order valence-electron chi connectivity index (χ0n) is 21.1. The molecule has 1 aliphatic rings. The van der Waals surface area contributed by atoms with Gasteiger partial charge in [0.25, 0.3) is 0 Å². The number of ether oxygens (including phenoxy) is 1. The second kappa shape index (κ2) is 9.29. The number of aromatic nitrogens is 4. The highest BCUT2D eigenvalue weighted by atomic mass is 16.6. The van der Waals surface area contributed by atoms with Gasteiger partial charge in [0, 0.05) is 43.3 Å². The minimum atomic E-state index is -0.787. The Labute approximate surface area is 210 Å². The van der Waals surface area contributed by atoms with Crippen LogP contribution >= 0.6 is 0 Å². The van der Waals surface area contributed by atoms with Crippen LogP contribution in [-0.2, 0) is 23.0 Å². The molecule has 1 N–H and O–H groups in total. The van der Waals surface area contributed by atoms with Gasteiger partial charge < -0.3 is 19.5 Å². The highest BCUT2D eigenvalue weighted by Gasteiger charge is 2.38. The molecule has 0 unspecified atom stereocenters. The minimum absolute atomic E-state index is 0.149. The van der Waals surface area contributed by atoms with E-state index in [0.29, 0.717) is 13.0 Å². The Balaban J connectivity index is 1.46. The van der Waals surface area contributed by atoms with Crippen LogP contribution in [0.5, 0.6) is 0 Å². The quantitative estimate of drug-likeness (QED) is 0.458. The molecule has 1 aliphatic heterocycles. The number of para-hydroxylation sites is 1. The summed E-state index contributed by atoms with van der Waals surface area (Å²) in [6.45, 7) is 6.01. The molecule has 1 saturated heterocycles. The first-order valence-electron chi connectivity index (χ1n) is 12.3. The van der Waals surface area contributed by atoms with Crippen LogP contribution in [0.4, 0.5) is 4.79 Å². The molecule has 188 valence electrons. The summed E-state index contributed by atoms with van der Waals surface area (Å²) in [7, 11) is 1.98. The lowest BCUT2D eigenvalue weighted by Crippen LogP contribution is -2.50. The third-order valence-corrected chi connectivity index (χ3v) is 6.57. The van der Waals surface area contributed by atoms with Gasteiger partial charge in [-0.15, -0.1) is 10.2 Å². The van der Waals surface area contributed by atoms with E-state index in [2.05, 4.69) is 15.5 Å². The summed E-state index contributed by atoms with van der Waals surface area (Å²) in [5.41, 5.74) is 2.13. The lowest BCUT2D eigenvalue weighted by Gasteiger charge is -2.29. The van der Waals surface area contributed by atoms with Gasteiger partial charge in [0.05, 0.1) is 6.04 Å². The number of nitrogens with zero attached hydrogens (tertiary/aromatic N) is 5. The molecular weight excluding hydrogens is 456 g/mol. The van der Waals surface area contributed by atoms with Crippen LogP contribution in [0.15, 0.2) is 54.9 Å². The molecule has 36 heavy (non-hydrogen) atoms. The number of aryl methyl sites for hydroxylation is 1. The van der Waals surface area contributed by atoms with Crippen LogP contribution in [-0.4, -0.2) is 54.3 Å². The van der Waals surface area contributed by atoms with Crippen molar-refractivity contribution < 1.29 is 14.3 Å². The lowest BCUT2D eigenvalue weighted by molar-refractivity contribution is -0.134. The molecule has 0 spiro atoms. The van der Waals surface area contributed by atoms with Gasteiger partial charge in [-0.3, -0.25) is 9.20 Å². The van der Waals surface area contributed by atoms with Crippen molar-refractivity contribution in [1.29, 1.82) is 0 Å². The van der Waals surface area contributed by atoms with Crippen molar-refractivity contribution in [2.24, 2.45) is 7.05 Å². The molecule has 2 amide bonds. The second-order valence-electron chi connectivity index (χ2n) is 10.4. The Hall–Kier alpha value is -3.88. The molecule has 9 nitrogen and oxygen atoms in total. The van der Waals surface area contributed by atoms with Crippen molar-refractivity contribution in [3.8, 4) is 0 Å². The Morgan fingerprint density at radius 2 is 1.92 bits per heavy atom. The van der Waals surface area contributed by atoms with Gasteiger partial charge in [0.2, 0.25) is 5.91 Å². The summed E-state index contributed by atoms with van der Waals surface area (Å²) >= 11 is 0. The predicted octanol–water partition coefficient (Wildman–Crippen LogP) is 4.02. The van der Waals surface area contributed by atoms with Gasteiger partial charge in [-0.25, -0.2) is 4.79 Å². The average Bonchev–Trinajstić information content (AvgIpc) is 3.54. The van der Waals surface area contributed by atoms with Crippen LogP contribution in [0, 0.1) is 0 Å². The van der Waals surface area contributed by atoms with Gasteiger partial charge >= 0.3 is 6.09 Å². The van der Waals surface area contributed by atoms with Gasteiger partial charge in [0.15, 0.2) is 11.5 Å². The summed E-state index contributed by atoms with van der Waals surface area (Å²) < 4.78 is 9.49. The van der Waals surface area contributed by atoms with E-state index in [9.17, 15) is 9.59 Å². The molecule has 9 heteroatoms. The Morgan fingerprint density at radius 1 is 1.14 bits per heavy atom. The monoisotopic (exact) mass is 488 g/mol. The highest BCUT2D eigenvalue weighted by molar-refractivity contribution is 5.89. The van der Waals surface area contributed by atoms with Gasteiger partial charge in [-0.05, 0) is 57.4 Å². The molecule has 0 aliphatic carbocycles. The largest absolute Gasteiger partial charge is 0.444 e. The number of carbonyl (C=O) groups is 2. The van der Waals surface area contributed by atoms with E-state index in [0.717, 1.165) is 40.8 Å². The van der Waals surface area contributed by atoms with Gasteiger partial charge in [-0.2, -0.15) is 0 Å². The van der Waals surface area contributed by atoms with E-state index in [1.54, 1.807) is 20.8 Å². The number of likely N-dealkylation sites (tertiary alicyclic amines) is 1. The van der Waals surface area contributed by atoms with E-state index >= 15 is 0 Å². The fraction of sp³-hybridized carbons (Fsp3) is 0.407. The maximum absolute atomic E-state index is 14.0. The number of benzene rings is 1. The highest BCUT2D eigenvalue weighted by Crippen LogP contribution is 2.32. The number of nitrogens with one attached hydrogen (secondary N) is 1. The van der Waals surface area contributed by atoms with E-state index < -0.39 is 17.7 Å². The Kier molecular flexibility index (Phi) is 6.15. The molecule has 3 aromatic heterocycles. The molecular formula is C27H32N6O3. The summed E-state index contributed by atoms with van der Waals surface area (Å²) in [6, 6.07) is 12.8. The molecule has 1 aromatic carbocycles. The molecule has 4 aromatic rings. The maximum atomic E-state index is 14.0. The predicted molar refractivity (Wildman–Crippen MR) is 136 cm³/mol. The number of fused-ring (bicyclic) bond motifs is 2. The third-order valence-electron chi connectivity index (χ3n) is 6.57. The normalized spacial score (nSPS) is 17.0. The molecule has 0 saturated carbocycles. The Morgan fingerprint density at radius 3 is 2.72 bits per heavy atom. The fourth-order valence-corrected chi connectivity index (χ4v) is 5.04. The zero-order valence-corrected chi connectivity index (χ0v) is 21.1. The van der Waals surface area contributed by atoms with Crippen LogP contribution in [0.1, 0.15) is 51.0 Å². The number of carbonyl (C=O) groups excluding carboxylic acids is 2.